The van der Waals surface area contributed by atoms with Crippen LogP contribution in [0.1, 0.15) is 26.2 Å². The molecule has 0 amide bonds. The van der Waals surface area contributed by atoms with E-state index in [0.29, 0.717) is 5.92 Å². The highest BCUT2D eigenvalue weighted by Crippen LogP contribution is 2.31. The van der Waals surface area contributed by atoms with Gasteiger partial charge >= 0.3 is 0 Å². The first-order valence-electron chi connectivity index (χ1n) is 7.42. The average Bonchev–Trinajstić information content (AvgIpc) is 2.43. The summed E-state index contributed by atoms with van der Waals surface area (Å²) < 4.78 is 0. The summed E-state index contributed by atoms with van der Waals surface area (Å²) in [6.07, 6.45) is 2.43. The quantitative estimate of drug-likeness (QED) is 0.597. The molecule has 0 aromatic heterocycles. The van der Waals surface area contributed by atoms with Crippen LogP contribution in [0.15, 0.2) is 18.2 Å². The van der Waals surface area contributed by atoms with Crippen LogP contribution in [0.5, 0.6) is 0 Å². The fourth-order valence-electron chi connectivity index (χ4n) is 2.63. The van der Waals surface area contributed by atoms with Gasteiger partial charge in [0.25, 0.3) is 5.69 Å². The number of nitrogens with one attached hydrogen (secondary N) is 1. The first-order chi connectivity index (χ1) is 9.99. The minimum atomic E-state index is -0.360. The monoisotopic (exact) mass is 293 g/mol. The molecule has 0 saturated heterocycles. The zero-order valence-corrected chi connectivity index (χ0v) is 12.6. The van der Waals surface area contributed by atoms with E-state index in [-0.39, 0.29) is 16.7 Å². The number of nitro groups is 1. The van der Waals surface area contributed by atoms with E-state index in [0.717, 1.165) is 43.7 Å². The predicted octanol–water partition coefficient (Wildman–Crippen LogP) is 2.62. The number of anilines is 2. The molecule has 116 valence electrons. The summed E-state index contributed by atoms with van der Waals surface area (Å²) in [6, 6.07) is 5.12. The number of nitro benzene ring substituents is 1. The molecule has 1 saturated carbocycles. The normalized spacial score (nSPS) is 20.7. The number of benzene rings is 1. The Morgan fingerprint density at radius 1 is 1.43 bits per heavy atom. The molecule has 0 atom stereocenters. The van der Waals surface area contributed by atoms with Crippen LogP contribution in [0, 0.1) is 16.0 Å². The van der Waals surface area contributed by atoms with Gasteiger partial charge in [0.05, 0.1) is 11.0 Å². The molecule has 6 nitrogen and oxygen atoms in total. The molecule has 2 rings (SSSR count). The molecule has 1 fully saturated rings. The summed E-state index contributed by atoms with van der Waals surface area (Å²) in [5, 5.41) is 23.6. The SMILES string of the molecule is CCCNc1cc(N(C)CC2CC(O)C2)cc([N+](=O)[O-])c1. The van der Waals surface area contributed by atoms with Gasteiger partial charge in [-0.2, -0.15) is 0 Å². The predicted molar refractivity (Wildman–Crippen MR) is 83.9 cm³/mol. The van der Waals surface area contributed by atoms with E-state index in [1.807, 2.05) is 18.0 Å². The first kappa shape index (κ1) is 15.6. The molecule has 1 aliphatic carbocycles. The Labute approximate surface area is 124 Å². The molecule has 0 aliphatic heterocycles. The number of rotatable bonds is 7. The molecule has 6 heteroatoms. The molecule has 1 aromatic carbocycles. The van der Waals surface area contributed by atoms with E-state index in [1.54, 1.807) is 12.1 Å². The Hall–Kier alpha value is -1.82. The number of nitrogens with zero attached hydrogens (tertiary/aromatic N) is 2. The van der Waals surface area contributed by atoms with Gasteiger partial charge in [-0.15, -0.1) is 0 Å². The van der Waals surface area contributed by atoms with E-state index in [9.17, 15) is 15.2 Å². The van der Waals surface area contributed by atoms with Crippen molar-refractivity contribution in [2.24, 2.45) is 5.92 Å². The van der Waals surface area contributed by atoms with Gasteiger partial charge in [0, 0.05) is 43.6 Å². The molecule has 2 N–H and O–H groups in total. The zero-order chi connectivity index (χ0) is 15.4. The smallest absolute Gasteiger partial charge is 0.273 e. The highest BCUT2D eigenvalue weighted by molar-refractivity contribution is 5.64. The third kappa shape index (κ3) is 4.07. The second-order valence-electron chi connectivity index (χ2n) is 5.79. The molecule has 1 aromatic rings. The van der Waals surface area contributed by atoms with Crippen molar-refractivity contribution >= 4 is 17.1 Å². The molecule has 21 heavy (non-hydrogen) atoms. The van der Waals surface area contributed by atoms with Gasteiger partial charge in [0.2, 0.25) is 0 Å². The molecule has 0 spiro atoms. The van der Waals surface area contributed by atoms with Crippen molar-refractivity contribution in [2.45, 2.75) is 32.3 Å². The van der Waals surface area contributed by atoms with Crippen molar-refractivity contribution in [3.63, 3.8) is 0 Å². The lowest BCUT2D eigenvalue weighted by molar-refractivity contribution is -0.384. The molecular formula is C15H23N3O3. The lowest BCUT2D eigenvalue weighted by Gasteiger charge is -2.35. The van der Waals surface area contributed by atoms with Crippen LogP contribution in [0.2, 0.25) is 0 Å². The maximum Gasteiger partial charge on any atom is 0.273 e. The molecule has 0 bridgehead atoms. The highest BCUT2D eigenvalue weighted by atomic mass is 16.6. The van der Waals surface area contributed by atoms with Gasteiger partial charge < -0.3 is 15.3 Å². The van der Waals surface area contributed by atoms with Gasteiger partial charge in [0.15, 0.2) is 0 Å². The van der Waals surface area contributed by atoms with Crippen LogP contribution in [0.4, 0.5) is 17.1 Å². The zero-order valence-electron chi connectivity index (χ0n) is 12.6. The Bertz CT molecular complexity index is 501. The summed E-state index contributed by atoms with van der Waals surface area (Å²) in [6.45, 7) is 3.66. The maximum atomic E-state index is 11.1. The topological polar surface area (TPSA) is 78.6 Å². The van der Waals surface area contributed by atoms with Gasteiger partial charge in [-0.1, -0.05) is 6.92 Å². The van der Waals surface area contributed by atoms with Crippen molar-refractivity contribution in [3.8, 4) is 0 Å². The molecule has 1 aliphatic rings. The lowest BCUT2D eigenvalue weighted by Crippen LogP contribution is -2.37. The Balaban J connectivity index is 2.12. The van der Waals surface area contributed by atoms with Crippen molar-refractivity contribution < 1.29 is 10.0 Å². The number of aliphatic hydroxyl groups is 1. The molecule has 0 unspecified atom stereocenters. The molecule has 0 heterocycles. The molecular weight excluding hydrogens is 270 g/mol. The summed E-state index contributed by atoms with van der Waals surface area (Å²) in [7, 11) is 1.94. The Morgan fingerprint density at radius 2 is 2.14 bits per heavy atom. The second-order valence-corrected chi connectivity index (χ2v) is 5.79. The van der Waals surface area contributed by atoms with Crippen LogP contribution >= 0.6 is 0 Å². The third-order valence-electron chi connectivity index (χ3n) is 3.88. The lowest BCUT2D eigenvalue weighted by atomic mass is 9.82. The van der Waals surface area contributed by atoms with Gasteiger partial charge in [-0.05, 0) is 31.2 Å². The molecule has 0 radical (unpaired) electrons. The van der Waals surface area contributed by atoms with Gasteiger partial charge in [-0.25, -0.2) is 0 Å². The average molecular weight is 293 g/mol. The minimum Gasteiger partial charge on any atom is -0.393 e. The number of hydrogen-bond acceptors (Lipinski definition) is 5. The largest absolute Gasteiger partial charge is 0.393 e. The summed E-state index contributed by atoms with van der Waals surface area (Å²) in [5.74, 6) is 0.469. The first-order valence-corrected chi connectivity index (χ1v) is 7.42. The van der Waals surface area contributed by atoms with Crippen molar-refractivity contribution in [2.75, 3.05) is 30.4 Å². The van der Waals surface area contributed by atoms with E-state index in [4.69, 9.17) is 0 Å². The van der Waals surface area contributed by atoms with Crippen molar-refractivity contribution in [3.05, 3.63) is 28.3 Å². The number of hydrogen-bond donors (Lipinski definition) is 2. The van der Waals surface area contributed by atoms with Crippen LogP contribution in [0.3, 0.4) is 0 Å². The van der Waals surface area contributed by atoms with E-state index >= 15 is 0 Å². The van der Waals surface area contributed by atoms with Crippen molar-refractivity contribution in [1.82, 2.24) is 0 Å². The maximum absolute atomic E-state index is 11.1. The Kier molecular flexibility index (Phi) is 5.01. The Morgan fingerprint density at radius 3 is 2.71 bits per heavy atom. The number of aliphatic hydroxyl groups excluding tert-OH is 1. The fourth-order valence-corrected chi connectivity index (χ4v) is 2.63. The van der Waals surface area contributed by atoms with Crippen LogP contribution in [0.25, 0.3) is 0 Å². The van der Waals surface area contributed by atoms with E-state index in [2.05, 4.69) is 12.2 Å². The van der Waals surface area contributed by atoms with Gasteiger partial charge in [0.1, 0.15) is 0 Å². The summed E-state index contributed by atoms with van der Waals surface area (Å²) in [5.41, 5.74) is 1.72. The fraction of sp³-hybridized carbons (Fsp3) is 0.600. The van der Waals surface area contributed by atoms with Crippen LogP contribution in [-0.2, 0) is 0 Å². The number of non-ortho nitro benzene ring substituents is 1. The van der Waals surface area contributed by atoms with E-state index in [1.165, 1.54) is 0 Å². The van der Waals surface area contributed by atoms with Crippen molar-refractivity contribution in [1.29, 1.82) is 0 Å². The summed E-state index contributed by atoms with van der Waals surface area (Å²) >= 11 is 0. The standard InChI is InChI=1S/C15H23N3O3/c1-3-4-16-12-7-13(9-14(8-12)18(20)21)17(2)10-11-5-15(19)6-11/h7-9,11,15-16,19H,3-6,10H2,1-2H3. The third-order valence-corrected chi connectivity index (χ3v) is 3.88. The van der Waals surface area contributed by atoms with Gasteiger partial charge in [-0.3, -0.25) is 10.1 Å². The van der Waals surface area contributed by atoms with Crippen LogP contribution in [-0.4, -0.2) is 36.3 Å². The van der Waals surface area contributed by atoms with E-state index < -0.39 is 0 Å². The summed E-state index contributed by atoms with van der Waals surface area (Å²) in [4.78, 5) is 12.7. The highest BCUT2D eigenvalue weighted by Gasteiger charge is 2.28. The minimum absolute atomic E-state index is 0.103. The van der Waals surface area contributed by atoms with Crippen LogP contribution < -0.4 is 10.2 Å². The second kappa shape index (κ2) is 6.76.